The number of aryl methyl sites for hydroxylation is 1. The Balaban J connectivity index is 2.30. The second-order valence-corrected chi connectivity index (χ2v) is 5.29. The predicted molar refractivity (Wildman–Crippen MR) is 62.9 cm³/mol. The highest BCUT2D eigenvalue weighted by atomic mass is 32.1. The summed E-state index contributed by atoms with van der Waals surface area (Å²) in [5, 5.41) is 6.79. The van der Waals surface area contributed by atoms with Gasteiger partial charge in [0.05, 0.1) is 10.7 Å². The highest BCUT2D eigenvalue weighted by molar-refractivity contribution is 7.09. The molecule has 0 saturated heterocycles. The molecule has 0 aromatic carbocycles. The third-order valence-corrected chi connectivity index (χ3v) is 2.92. The first-order valence-corrected chi connectivity index (χ1v) is 6.10. The molecule has 0 radical (unpaired) electrons. The van der Waals surface area contributed by atoms with Crippen LogP contribution in [0.25, 0.3) is 0 Å². The van der Waals surface area contributed by atoms with Crippen LogP contribution in [0.2, 0.25) is 0 Å². The lowest BCUT2D eigenvalue weighted by molar-refractivity contribution is 0.473. The topological polar surface area (TPSA) is 24.9 Å². The van der Waals surface area contributed by atoms with Gasteiger partial charge in [-0.05, 0) is 25.8 Å². The van der Waals surface area contributed by atoms with Gasteiger partial charge >= 0.3 is 0 Å². The average molecular weight is 212 g/mol. The van der Waals surface area contributed by atoms with Crippen LogP contribution < -0.4 is 5.32 Å². The molecular weight excluding hydrogens is 192 g/mol. The highest BCUT2D eigenvalue weighted by Gasteiger charge is 2.06. The summed E-state index contributed by atoms with van der Waals surface area (Å²) in [6.07, 6.45) is 1.09. The maximum absolute atomic E-state index is 4.47. The Kier molecular flexibility index (Phi) is 4.55. The lowest BCUT2D eigenvalue weighted by atomic mass is 10.1. The lowest BCUT2D eigenvalue weighted by Gasteiger charge is -2.13. The lowest BCUT2D eigenvalue weighted by Crippen LogP contribution is -2.28. The zero-order chi connectivity index (χ0) is 10.6. The molecule has 1 atom stereocenters. The van der Waals surface area contributed by atoms with E-state index in [0.29, 0.717) is 12.0 Å². The minimum atomic E-state index is 0.578. The molecule has 14 heavy (non-hydrogen) atoms. The molecule has 1 rings (SSSR count). The van der Waals surface area contributed by atoms with Crippen molar-refractivity contribution in [2.75, 3.05) is 6.54 Å². The van der Waals surface area contributed by atoms with E-state index in [1.165, 1.54) is 10.7 Å². The van der Waals surface area contributed by atoms with Gasteiger partial charge in [-0.25, -0.2) is 4.98 Å². The first-order valence-electron chi connectivity index (χ1n) is 5.22. The summed E-state index contributed by atoms with van der Waals surface area (Å²) in [5.74, 6) is 0.666. The monoisotopic (exact) mass is 212 g/mol. The van der Waals surface area contributed by atoms with Crippen LogP contribution in [0.3, 0.4) is 0 Å². The highest BCUT2D eigenvalue weighted by Crippen LogP contribution is 2.12. The molecule has 1 N–H and O–H groups in total. The third kappa shape index (κ3) is 4.20. The number of nitrogens with zero attached hydrogens (tertiary/aromatic N) is 1. The molecule has 0 spiro atoms. The largest absolute Gasteiger partial charge is 0.314 e. The molecule has 1 unspecified atom stereocenters. The molecule has 1 aromatic heterocycles. The minimum Gasteiger partial charge on any atom is -0.314 e. The summed E-state index contributed by atoms with van der Waals surface area (Å²) in [4.78, 5) is 4.47. The van der Waals surface area contributed by atoms with Gasteiger partial charge in [0.25, 0.3) is 0 Å². The second kappa shape index (κ2) is 5.47. The van der Waals surface area contributed by atoms with Crippen LogP contribution in [0.15, 0.2) is 5.38 Å². The zero-order valence-corrected chi connectivity index (χ0v) is 10.3. The van der Waals surface area contributed by atoms with Crippen molar-refractivity contribution in [1.82, 2.24) is 10.3 Å². The van der Waals surface area contributed by atoms with Crippen LogP contribution >= 0.6 is 11.3 Å². The van der Waals surface area contributed by atoms with E-state index in [1.807, 2.05) is 0 Å². The Morgan fingerprint density at radius 1 is 1.43 bits per heavy atom. The summed E-state index contributed by atoms with van der Waals surface area (Å²) in [6.45, 7) is 9.77. The van der Waals surface area contributed by atoms with Crippen molar-refractivity contribution in [3.8, 4) is 0 Å². The smallest absolute Gasteiger partial charge is 0.0897 e. The van der Waals surface area contributed by atoms with Crippen molar-refractivity contribution in [1.29, 1.82) is 0 Å². The third-order valence-electron chi connectivity index (χ3n) is 2.10. The summed E-state index contributed by atoms with van der Waals surface area (Å²) in [7, 11) is 0. The van der Waals surface area contributed by atoms with Crippen LogP contribution in [0, 0.1) is 12.8 Å². The molecule has 0 aliphatic carbocycles. The SMILES string of the molecule is Cc1nc(CC(C)CNC(C)C)cs1. The first-order chi connectivity index (χ1) is 6.58. The Morgan fingerprint density at radius 3 is 2.64 bits per heavy atom. The Morgan fingerprint density at radius 2 is 2.14 bits per heavy atom. The van der Waals surface area contributed by atoms with Crippen LogP contribution in [-0.2, 0) is 6.42 Å². The first kappa shape index (κ1) is 11.7. The van der Waals surface area contributed by atoms with E-state index in [2.05, 4.69) is 43.4 Å². The van der Waals surface area contributed by atoms with Gasteiger partial charge in [0.15, 0.2) is 0 Å². The van der Waals surface area contributed by atoms with Gasteiger partial charge in [-0.15, -0.1) is 11.3 Å². The molecule has 0 saturated carbocycles. The number of hydrogen-bond donors (Lipinski definition) is 1. The van der Waals surface area contributed by atoms with Crippen LogP contribution in [0.4, 0.5) is 0 Å². The minimum absolute atomic E-state index is 0.578. The van der Waals surface area contributed by atoms with Crippen molar-refractivity contribution in [2.45, 2.75) is 40.2 Å². The van der Waals surface area contributed by atoms with E-state index in [4.69, 9.17) is 0 Å². The molecule has 1 heterocycles. The Bertz CT molecular complexity index is 268. The zero-order valence-electron chi connectivity index (χ0n) is 9.50. The van der Waals surface area contributed by atoms with Gasteiger partial charge in [-0.2, -0.15) is 0 Å². The summed E-state index contributed by atoms with van der Waals surface area (Å²) >= 11 is 1.74. The normalized spacial score (nSPS) is 13.5. The van der Waals surface area contributed by atoms with Gasteiger partial charge in [-0.1, -0.05) is 20.8 Å². The van der Waals surface area contributed by atoms with E-state index < -0.39 is 0 Å². The van der Waals surface area contributed by atoms with Gasteiger partial charge in [-0.3, -0.25) is 0 Å². The molecule has 0 aliphatic rings. The molecule has 0 fully saturated rings. The fraction of sp³-hybridized carbons (Fsp3) is 0.727. The van der Waals surface area contributed by atoms with Crippen LogP contribution in [-0.4, -0.2) is 17.6 Å². The quantitative estimate of drug-likeness (QED) is 0.811. The summed E-state index contributed by atoms with van der Waals surface area (Å²) in [5.41, 5.74) is 1.24. The number of thiazole rings is 1. The van der Waals surface area contributed by atoms with E-state index in [9.17, 15) is 0 Å². The average Bonchev–Trinajstić information content (AvgIpc) is 2.48. The number of aromatic nitrogens is 1. The van der Waals surface area contributed by atoms with Crippen LogP contribution in [0.1, 0.15) is 31.5 Å². The molecule has 0 aliphatic heterocycles. The maximum atomic E-state index is 4.47. The number of nitrogens with one attached hydrogen (secondary N) is 1. The van der Waals surface area contributed by atoms with E-state index >= 15 is 0 Å². The second-order valence-electron chi connectivity index (χ2n) is 4.23. The summed E-state index contributed by atoms with van der Waals surface area (Å²) < 4.78 is 0. The van der Waals surface area contributed by atoms with Gasteiger partial charge in [0.2, 0.25) is 0 Å². The van der Waals surface area contributed by atoms with Crippen molar-refractivity contribution < 1.29 is 0 Å². The van der Waals surface area contributed by atoms with Gasteiger partial charge < -0.3 is 5.32 Å². The number of hydrogen-bond acceptors (Lipinski definition) is 3. The Hall–Kier alpha value is -0.410. The fourth-order valence-corrected chi connectivity index (χ4v) is 1.99. The Labute approximate surface area is 90.8 Å². The molecule has 2 nitrogen and oxygen atoms in total. The van der Waals surface area contributed by atoms with Crippen molar-refractivity contribution in [3.63, 3.8) is 0 Å². The fourth-order valence-electron chi connectivity index (χ4n) is 1.37. The molecule has 3 heteroatoms. The number of rotatable bonds is 5. The van der Waals surface area contributed by atoms with Gasteiger partial charge in [0, 0.05) is 11.4 Å². The standard InChI is InChI=1S/C11H20N2S/c1-8(2)12-6-9(3)5-11-7-14-10(4)13-11/h7-9,12H,5-6H2,1-4H3. The maximum Gasteiger partial charge on any atom is 0.0897 e. The van der Waals surface area contributed by atoms with E-state index in [1.54, 1.807) is 11.3 Å². The van der Waals surface area contributed by atoms with Gasteiger partial charge in [0.1, 0.15) is 0 Å². The van der Waals surface area contributed by atoms with Crippen molar-refractivity contribution >= 4 is 11.3 Å². The molecule has 80 valence electrons. The molecule has 0 bridgehead atoms. The van der Waals surface area contributed by atoms with Crippen LogP contribution in [0.5, 0.6) is 0 Å². The van der Waals surface area contributed by atoms with Crippen molar-refractivity contribution in [2.24, 2.45) is 5.92 Å². The van der Waals surface area contributed by atoms with E-state index in [-0.39, 0.29) is 0 Å². The van der Waals surface area contributed by atoms with E-state index in [0.717, 1.165) is 13.0 Å². The molecule has 1 aromatic rings. The predicted octanol–water partition coefficient (Wildman–Crippen LogP) is 2.63. The molecule has 0 amide bonds. The van der Waals surface area contributed by atoms with Crippen molar-refractivity contribution in [3.05, 3.63) is 16.1 Å². The molecular formula is C11H20N2S. The summed E-state index contributed by atoms with van der Waals surface area (Å²) in [6, 6.07) is 0.578.